The molecule has 3 aliphatic carbocycles. The number of rotatable bonds is 1. The van der Waals surface area contributed by atoms with Crippen molar-refractivity contribution < 1.29 is 23.5 Å². The Morgan fingerprint density at radius 3 is 2.35 bits per heavy atom. The van der Waals surface area contributed by atoms with Gasteiger partial charge in [0.05, 0.1) is 12.5 Å². The van der Waals surface area contributed by atoms with Gasteiger partial charge >= 0.3 is 5.97 Å². The zero-order chi connectivity index (χ0) is 22.0. The number of cyclic esters (lactones) is 1. The molecule has 0 amide bonds. The summed E-state index contributed by atoms with van der Waals surface area (Å²) in [5.74, 6) is 0.636. The van der Waals surface area contributed by atoms with Crippen molar-refractivity contribution in [1.82, 2.24) is 0 Å². The van der Waals surface area contributed by atoms with E-state index in [2.05, 4.69) is 40.7 Å². The zero-order valence-corrected chi connectivity index (χ0v) is 19.1. The number of epoxide rings is 1. The van der Waals surface area contributed by atoms with Crippen molar-refractivity contribution in [2.75, 3.05) is 0 Å². The molecule has 3 heterocycles. The van der Waals surface area contributed by atoms with Crippen LogP contribution < -0.4 is 0 Å². The Kier molecular flexibility index (Phi) is 3.53. The number of hydrogen-bond donors (Lipinski definition) is 0. The molecule has 6 rings (SSSR count). The molecule has 31 heavy (non-hydrogen) atoms. The molecule has 0 bridgehead atoms. The van der Waals surface area contributed by atoms with E-state index in [1.165, 1.54) is 0 Å². The molecule has 1 spiro atoms. The van der Waals surface area contributed by atoms with Gasteiger partial charge in [0.2, 0.25) is 0 Å². The van der Waals surface area contributed by atoms with E-state index in [9.17, 15) is 9.59 Å². The highest BCUT2D eigenvalue weighted by Crippen LogP contribution is 2.79. The van der Waals surface area contributed by atoms with Gasteiger partial charge in [-0.3, -0.25) is 4.79 Å². The largest absolute Gasteiger partial charge is 0.472 e. The van der Waals surface area contributed by atoms with Gasteiger partial charge in [-0.1, -0.05) is 40.7 Å². The smallest absolute Gasteiger partial charge is 0.339 e. The third-order valence-corrected chi connectivity index (χ3v) is 10.5. The van der Waals surface area contributed by atoms with Crippen LogP contribution in [0, 0.1) is 33.5 Å². The molecule has 166 valence electrons. The van der Waals surface area contributed by atoms with Crippen LogP contribution in [0.15, 0.2) is 35.2 Å². The predicted molar refractivity (Wildman–Crippen MR) is 113 cm³/mol. The van der Waals surface area contributed by atoms with E-state index in [1.54, 1.807) is 12.5 Å². The number of hydrogen-bond acceptors (Lipinski definition) is 5. The maximum atomic E-state index is 13.0. The van der Waals surface area contributed by atoms with Crippen LogP contribution in [0.3, 0.4) is 0 Å². The van der Waals surface area contributed by atoms with E-state index in [0.717, 1.165) is 31.2 Å². The lowest BCUT2D eigenvalue weighted by molar-refractivity contribution is -0.214. The minimum absolute atomic E-state index is 0.0938. The Morgan fingerprint density at radius 2 is 1.65 bits per heavy atom. The summed E-state index contributed by atoms with van der Waals surface area (Å²) in [7, 11) is 0. The molecule has 0 N–H and O–H groups in total. The Balaban J connectivity index is 1.49. The third-order valence-electron chi connectivity index (χ3n) is 10.5. The van der Waals surface area contributed by atoms with E-state index in [4.69, 9.17) is 13.9 Å². The first-order chi connectivity index (χ1) is 14.5. The second kappa shape index (κ2) is 5.54. The van der Waals surface area contributed by atoms with E-state index >= 15 is 0 Å². The van der Waals surface area contributed by atoms with Crippen LogP contribution in [0.1, 0.15) is 72.0 Å². The molecular weight excluding hydrogens is 392 g/mol. The molecule has 8 atom stereocenters. The van der Waals surface area contributed by atoms with Gasteiger partial charge in [0, 0.05) is 21.8 Å². The normalized spacial score (nSPS) is 51.8. The zero-order valence-electron chi connectivity index (χ0n) is 19.1. The van der Waals surface area contributed by atoms with Gasteiger partial charge in [-0.15, -0.1) is 0 Å². The Hall–Kier alpha value is -1.88. The van der Waals surface area contributed by atoms with Crippen LogP contribution in [0.5, 0.6) is 0 Å². The SMILES string of the molecule is CC1(C)C(=O)C=C[C@]2(C)[C@H]3CC[C@]4(C)[C@H](c5ccoc5)OC(=O)[C@H]5O[C@]54[C@]3(C)CC[C@@H]12. The van der Waals surface area contributed by atoms with Gasteiger partial charge in [0.1, 0.15) is 11.7 Å². The number of allylic oxidation sites excluding steroid dienone is 2. The summed E-state index contributed by atoms with van der Waals surface area (Å²) in [5, 5.41) is 0. The lowest BCUT2D eigenvalue weighted by atomic mass is 9.36. The maximum absolute atomic E-state index is 13.0. The highest BCUT2D eigenvalue weighted by atomic mass is 16.7. The Bertz CT molecular complexity index is 1010. The molecule has 1 aromatic rings. The molecule has 0 unspecified atom stereocenters. The van der Waals surface area contributed by atoms with Gasteiger partial charge in [0.25, 0.3) is 0 Å². The number of carbonyl (C=O) groups is 2. The summed E-state index contributed by atoms with van der Waals surface area (Å²) in [5.41, 5.74) is -0.559. The van der Waals surface area contributed by atoms with Gasteiger partial charge in [-0.05, 0) is 55.1 Å². The van der Waals surface area contributed by atoms with E-state index in [0.29, 0.717) is 11.8 Å². The topological polar surface area (TPSA) is 69.0 Å². The number of fused-ring (bicyclic) bond motifs is 3. The second-order valence-corrected chi connectivity index (χ2v) is 11.9. The average Bonchev–Trinajstić information content (AvgIpc) is 3.28. The van der Waals surface area contributed by atoms with Gasteiger partial charge < -0.3 is 13.9 Å². The van der Waals surface area contributed by atoms with Crippen LogP contribution in [-0.2, 0) is 19.1 Å². The molecule has 1 aromatic heterocycles. The van der Waals surface area contributed by atoms with Crippen molar-refractivity contribution in [2.45, 2.75) is 78.1 Å². The fourth-order valence-electron chi connectivity index (χ4n) is 8.96. The molecular formula is C26H32O5. The summed E-state index contributed by atoms with van der Waals surface area (Å²) in [6.07, 6.45) is 10.4. The fourth-order valence-corrected chi connectivity index (χ4v) is 8.96. The molecule has 5 aliphatic rings. The quantitative estimate of drug-likeness (QED) is 0.468. The van der Waals surface area contributed by atoms with Crippen molar-refractivity contribution in [2.24, 2.45) is 33.5 Å². The number of ether oxygens (including phenoxy) is 2. The predicted octanol–water partition coefficient (Wildman–Crippen LogP) is 5.02. The summed E-state index contributed by atoms with van der Waals surface area (Å²) in [6.45, 7) is 11.2. The molecule has 5 heteroatoms. The first-order valence-electron chi connectivity index (χ1n) is 11.7. The van der Waals surface area contributed by atoms with Crippen molar-refractivity contribution in [3.63, 3.8) is 0 Å². The summed E-state index contributed by atoms with van der Waals surface area (Å²) in [4.78, 5) is 25.8. The van der Waals surface area contributed by atoms with Crippen molar-refractivity contribution in [3.05, 3.63) is 36.3 Å². The van der Waals surface area contributed by atoms with Gasteiger partial charge in [0.15, 0.2) is 11.9 Å². The number of furan rings is 1. The van der Waals surface area contributed by atoms with Gasteiger partial charge in [-0.25, -0.2) is 4.79 Å². The monoisotopic (exact) mass is 424 g/mol. The van der Waals surface area contributed by atoms with Crippen LogP contribution >= 0.6 is 0 Å². The van der Waals surface area contributed by atoms with Gasteiger partial charge in [-0.2, -0.15) is 0 Å². The summed E-state index contributed by atoms with van der Waals surface area (Å²) >= 11 is 0. The lowest BCUT2D eigenvalue weighted by Gasteiger charge is -2.67. The number of esters is 1. The lowest BCUT2D eigenvalue weighted by Crippen LogP contribution is -2.68. The Labute approximate surface area is 183 Å². The van der Waals surface area contributed by atoms with Crippen LogP contribution in [0.4, 0.5) is 0 Å². The van der Waals surface area contributed by atoms with Crippen LogP contribution in [0.25, 0.3) is 0 Å². The maximum Gasteiger partial charge on any atom is 0.339 e. The molecule has 0 radical (unpaired) electrons. The Morgan fingerprint density at radius 1 is 0.935 bits per heavy atom. The van der Waals surface area contributed by atoms with E-state index < -0.39 is 11.7 Å². The van der Waals surface area contributed by atoms with Crippen molar-refractivity contribution in [1.29, 1.82) is 0 Å². The first kappa shape index (κ1) is 19.8. The van der Waals surface area contributed by atoms with E-state index in [-0.39, 0.29) is 39.5 Å². The molecule has 2 aliphatic heterocycles. The van der Waals surface area contributed by atoms with Crippen LogP contribution in [-0.4, -0.2) is 23.5 Å². The number of carbonyl (C=O) groups excluding carboxylic acids is 2. The average molecular weight is 425 g/mol. The molecule has 4 fully saturated rings. The molecule has 2 saturated heterocycles. The summed E-state index contributed by atoms with van der Waals surface area (Å²) in [6, 6.07) is 1.91. The minimum Gasteiger partial charge on any atom is -0.472 e. The molecule has 5 nitrogen and oxygen atoms in total. The highest BCUT2D eigenvalue weighted by Gasteiger charge is 2.86. The fraction of sp³-hybridized carbons (Fsp3) is 0.692. The van der Waals surface area contributed by atoms with Crippen molar-refractivity contribution >= 4 is 11.8 Å². The van der Waals surface area contributed by atoms with E-state index in [1.807, 2.05) is 12.1 Å². The standard InChI is InChI=1S/C26H32O5/c1-22(2)16-6-11-24(4)17(23(16,3)10-8-18(22)27)7-12-25(5)19(15-9-13-29-14-15)30-21(28)20-26(24,25)31-20/h8-10,13-14,16-17,19-20H,6-7,11-12H2,1-5H3/t16-,17+,19-,20+,23-,24+,25+,26-/m0/s1. The van der Waals surface area contributed by atoms with Crippen molar-refractivity contribution in [3.8, 4) is 0 Å². The summed E-state index contributed by atoms with van der Waals surface area (Å²) < 4.78 is 17.8. The second-order valence-electron chi connectivity index (χ2n) is 11.9. The number of ketones is 1. The minimum atomic E-state index is -0.534. The third kappa shape index (κ3) is 1.99. The first-order valence-corrected chi connectivity index (χ1v) is 11.7. The highest BCUT2D eigenvalue weighted by molar-refractivity contribution is 5.95. The molecule has 0 aromatic carbocycles. The van der Waals surface area contributed by atoms with Crippen LogP contribution in [0.2, 0.25) is 0 Å². The molecule has 2 saturated carbocycles.